The van der Waals surface area contributed by atoms with Gasteiger partial charge in [-0.25, -0.2) is 0 Å². The van der Waals surface area contributed by atoms with Gasteiger partial charge in [0, 0.05) is 20.2 Å². The molecule has 0 amide bonds. The molecule has 0 spiro atoms. The van der Waals surface area contributed by atoms with Crippen molar-refractivity contribution in [3.8, 4) is 11.8 Å². The molecule has 1 atom stereocenters. The van der Waals surface area contributed by atoms with E-state index in [4.69, 9.17) is 14.7 Å². The molecule has 0 bridgehead atoms. The van der Waals surface area contributed by atoms with Crippen molar-refractivity contribution < 1.29 is 14.6 Å². The minimum Gasteiger partial charge on any atom is -0.491 e. The number of nitrogens with one attached hydrogen (secondary N) is 1. The lowest BCUT2D eigenvalue weighted by atomic mass is 10.1. The van der Waals surface area contributed by atoms with Crippen LogP contribution in [0.1, 0.15) is 19.4 Å². The molecule has 0 fully saturated rings. The maximum absolute atomic E-state index is 9.80. The van der Waals surface area contributed by atoms with E-state index in [1.54, 1.807) is 31.4 Å². The zero-order valence-electron chi connectivity index (χ0n) is 12.2. The van der Waals surface area contributed by atoms with Gasteiger partial charge in [-0.15, -0.1) is 0 Å². The minimum atomic E-state index is -0.599. The van der Waals surface area contributed by atoms with Gasteiger partial charge in [-0.05, 0) is 38.1 Å². The lowest BCUT2D eigenvalue weighted by molar-refractivity contribution is 0.0191. The zero-order chi connectivity index (χ0) is 15.0. The number of nitrogens with zero attached hydrogens (tertiary/aromatic N) is 1. The molecule has 0 aliphatic rings. The monoisotopic (exact) mass is 278 g/mol. The molecule has 1 aromatic rings. The van der Waals surface area contributed by atoms with E-state index >= 15 is 0 Å². The molecule has 110 valence electrons. The molecule has 2 N–H and O–H groups in total. The predicted molar refractivity (Wildman–Crippen MR) is 76.6 cm³/mol. The topological polar surface area (TPSA) is 74.5 Å². The maximum atomic E-state index is 9.80. The summed E-state index contributed by atoms with van der Waals surface area (Å²) in [6.07, 6.45) is -0.599. The number of hydrogen-bond donors (Lipinski definition) is 2. The van der Waals surface area contributed by atoms with E-state index in [2.05, 4.69) is 5.32 Å². The van der Waals surface area contributed by atoms with E-state index in [9.17, 15) is 5.11 Å². The first-order valence-corrected chi connectivity index (χ1v) is 6.54. The van der Waals surface area contributed by atoms with Crippen LogP contribution in [0.3, 0.4) is 0 Å². The second kappa shape index (κ2) is 7.85. The third kappa shape index (κ3) is 6.02. The summed E-state index contributed by atoms with van der Waals surface area (Å²) in [6, 6.07) is 8.83. The summed E-state index contributed by atoms with van der Waals surface area (Å²) in [5, 5.41) is 21.6. The molecule has 0 aliphatic heterocycles. The summed E-state index contributed by atoms with van der Waals surface area (Å²) in [7, 11) is 1.66. The van der Waals surface area contributed by atoms with Gasteiger partial charge in [-0.3, -0.25) is 0 Å². The Morgan fingerprint density at radius 1 is 1.35 bits per heavy atom. The van der Waals surface area contributed by atoms with Crippen molar-refractivity contribution in [2.24, 2.45) is 0 Å². The Morgan fingerprint density at radius 3 is 2.55 bits per heavy atom. The predicted octanol–water partition coefficient (Wildman–Crippen LogP) is 1.31. The van der Waals surface area contributed by atoms with Gasteiger partial charge in [-0.1, -0.05) is 0 Å². The molecule has 1 rings (SSSR count). The van der Waals surface area contributed by atoms with Gasteiger partial charge >= 0.3 is 0 Å². The normalized spacial score (nSPS) is 12.8. The van der Waals surface area contributed by atoms with E-state index < -0.39 is 6.10 Å². The van der Waals surface area contributed by atoms with Crippen LogP contribution in [0.5, 0.6) is 5.75 Å². The first-order valence-electron chi connectivity index (χ1n) is 6.54. The standard InChI is InChI=1S/C15H22N2O3/c1-15(2,19-3)11-17-9-13(18)10-20-14-6-4-12(8-16)5-7-14/h4-7,13,17-18H,9-11H2,1-3H3. The average molecular weight is 278 g/mol. The van der Waals surface area contributed by atoms with Gasteiger partial charge in [0.25, 0.3) is 0 Å². The summed E-state index contributed by atoms with van der Waals surface area (Å²) in [6.45, 7) is 5.23. The van der Waals surface area contributed by atoms with E-state index in [1.165, 1.54) is 0 Å². The SMILES string of the molecule is COC(C)(C)CNCC(O)COc1ccc(C#N)cc1. The zero-order valence-corrected chi connectivity index (χ0v) is 12.2. The number of hydrogen-bond acceptors (Lipinski definition) is 5. The Labute approximate surface area is 120 Å². The Kier molecular flexibility index (Phi) is 6.46. The summed E-state index contributed by atoms with van der Waals surface area (Å²) >= 11 is 0. The van der Waals surface area contributed by atoms with Gasteiger partial charge in [0.15, 0.2) is 0 Å². The van der Waals surface area contributed by atoms with Crippen LogP contribution < -0.4 is 10.1 Å². The molecule has 0 saturated carbocycles. The van der Waals surface area contributed by atoms with Crippen molar-refractivity contribution in [2.75, 3.05) is 26.8 Å². The number of methoxy groups -OCH3 is 1. The number of rotatable bonds is 8. The van der Waals surface area contributed by atoms with Crippen LogP contribution in [0.25, 0.3) is 0 Å². The van der Waals surface area contributed by atoms with Crippen LogP contribution in [0, 0.1) is 11.3 Å². The second-order valence-corrected chi connectivity index (χ2v) is 5.20. The number of nitriles is 1. The third-order valence-electron chi connectivity index (χ3n) is 2.91. The maximum Gasteiger partial charge on any atom is 0.119 e. The van der Waals surface area contributed by atoms with Gasteiger partial charge in [0.2, 0.25) is 0 Å². The largest absolute Gasteiger partial charge is 0.491 e. The van der Waals surface area contributed by atoms with Crippen molar-refractivity contribution in [1.82, 2.24) is 5.32 Å². The molecule has 5 nitrogen and oxygen atoms in total. The summed E-state index contributed by atoms with van der Waals surface area (Å²) in [4.78, 5) is 0. The molecular formula is C15H22N2O3. The fourth-order valence-electron chi connectivity index (χ4n) is 1.49. The highest BCUT2D eigenvalue weighted by atomic mass is 16.5. The minimum absolute atomic E-state index is 0.201. The molecule has 0 aromatic heterocycles. The molecule has 20 heavy (non-hydrogen) atoms. The fraction of sp³-hybridized carbons (Fsp3) is 0.533. The fourth-order valence-corrected chi connectivity index (χ4v) is 1.49. The molecule has 0 saturated heterocycles. The number of aliphatic hydroxyl groups excluding tert-OH is 1. The molecule has 0 radical (unpaired) electrons. The summed E-state index contributed by atoms with van der Waals surface area (Å²) < 4.78 is 10.7. The number of aliphatic hydroxyl groups is 1. The molecular weight excluding hydrogens is 256 g/mol. The highest BCUT2D eigenvalue weighted by Crippen LogP contribution is 2.11. The van der Waals surface area contributed by atoms with Gasteiger partial charge in [0.1, 0.15) is 18.5 Å². The van der Waals surface area contributed by atoms with Gasteiger partial charge < -0.3 is 19.9 Å². The van der Waals surface area contributed by atoms with E-state index in [1.807, 2.05) is 19.9 Å². The smallest absolute Gasteiger partial charge is 0.119 e. The Morgan fingerprint density at radius 2 is 2.00 bits per heavy atom. The van der Waals surface area contributed by atoms with Gasteiger partial charge in [-0.2, -0.15) is 5.26 Å². The highest BCUT2D eigenvalue weighted by molar-refractivity contribution is 5.34. The molecule has 5 heteroatoms. The molecule has 0 aliphatic carbocycles. The summed E-state index contributed by atoms with van der Waals surface area (Å²) in [5.74, 6) is 0.639. The van der Waals surface area contributed by atoms with E-state index in [0.29, 0.717) is 24.4 Å². The van der Waals surface area contributed by atoms with Crippen LogP contribution in [0.4, 0.5) is 0 Å². The molecule has 0 heterocycles. The van der Waals surface area contributed by atoms with Crippen LogP contribution in [-0.2, 0) is 4.74 Å². The van der Waals surface area contributed by atoms with Crippen LogP contribution in [0.15, 0.2) is 24.3 Å². The van der Waals surface area contributed by atoms with Crippen LogP contribution in [0.2, 0.25) is 0 Å². The van der Waals surface area contributed by atoms with Crippen molar-refractivity contribution in [3.05, 3.63) is 29.8 Å². The lowest BCUT2D eigenvalue weighted by Crippen LogP contribution is -2.41. The first-order chi connectivity index (χ1) is 9.46. The lowest BCUT2D eigenvalue weighted by Gasteiger charge is -2.24. The van der Waals surface area contributed by atoms with E-state index in [0.717, 1.165) is 0 Å². The van der Waals surface area contributed by atoms with Crippen LogP contribution in [-0.4, -0.2) is 43.6 Å². The van der Waals surface area contributed by atoms with Crippen molar-refractivity contribution in [2.45, 2.75) is 25.6 Å². The van der Waals surface area contributed by atoms with Gasteiger partial charge in [0.05, 0.1) is 17.2 Å². The van der Waals surface area contributed by atoms with Crippen molar-refractivity contribution in [1.29, 1.82) is 5.26 Å². The second-order valence-electron chi connectivity index (χ2n) is 5.20. The number of benzene rings is 1. The average Bonchev–Trinajstić information content (AvgIpc) is 2.45. The quantitative estimate of drug-likeness (QED) is 0.750. The molecule has 1 aromatic carbocycles. The Bertz CT molecular complexity index is 437. The molecule has 1 unspecified atom stereocenters. The Balaban J connectivity index is 2.25. The Hall–Kier alpha value is -1.61. The van der Waals surface area contributed by atoms with Crippen molar-refractivity contribution in [3.63, 3.8) is 0 Å². The van der Waals surface area contributed by atoms with Crippen LogP contribution >= 0.6 is 0 Å². The highest BCUT2D eigenvalue weighted by Gasteiger charge is 2.16. The first kappa shape index (κ1) is 16.4. The number of ether oxygens (including phenoxy) is 2. The summed E-state index contributed by atoms with van der Waals surface area (Å²) in [5.41, 5.74) is 0.328. The third-order valence-corrected chi connectivity index (χ3v) is 2.91. The van der Waals surface area contributed by atoms with E-state index in [-0.39, 0.29) is 12.2 Å². The van der Waals surface area contributed by atoms with Crippen molar-refractivity contribution >= 4 is 0 Å².